The summed E-state index contributed by atoms with van der Waals surface area (Å²) < 4.78 is 12.7. The lowest BCUT2D eigenvalue weighted by Crippen LogP contribution is -2.27. The third-order valence-electron chi connectivity index (χ3n) is 4.94. The molecule has 0 aliphatic carbocycles. The zero-order valence-electron chi connectivity index (χ0n) is 17.9. The molecule has 0 radical (unpaired) electrons. The molecule has 0 atom stereocenters. The van der Waals surface area contributed by atoms with Crippen molar-refractivity contribution in [2.45, 2.75) is 6.61 Å². The summed E-state index contributed by atoms with van der Waals surface area (Å²) in [6.07, 6.45) is 1.72. The van der Waals surface area contributed by atoms with Crippen molar-refractivity contribution in [3.8, 4) is 11.5 Å². The number of thiocarbonyl (C=S) groups is 1. The average molecular weight is 556 g/mol. The maximum absolute atomic E-state index is 13.0. The van der Waals surface area contributed by atoms with Crippen molar-refractivity contribution in [2.75, 3.05) is 12.0 Å². The number of benzene rings is 3. The quantitative estimate of drug-likeness (QED) is 0.277. The Hall–Kier alpha value is -3.14. The van der Waals surface area contributed by atoms with E-state index in [1.807, 2.05) is 30.3 Å². The topological polar surface area (TPSA) is 76.1 Å². The van der Waals surface area contributed by atoms with E-state index in [0.717, 1.165) is 27.4 Å². The normalized spacial score (nSPS) is 14.5. The number of carbonyl (C=O) groups is 2. The standard InChI is InChI=1S/C25H18BrNO5S2/c1-31-21-11-16(7-10-20(21)32-14-15-5-8-18(26)9-6-15)12-22-23(28)27(25(33)34-22)19-4-2-3-17(13-19)24(29)30/h2-13H,14H2,1H3,(H,29,30)/b22-12+. The third-order valence-corrected chi connectivity index (χ3v) is 6.77. The first-order valence-corrected chi connectivity index (χ1v) is 12.0. The average Bonchev–Trinajstić information content (AvgIpc) is 3.11. The van der Waals surface area contributed by atoms with Crippen molar-refractivity contribution >= 4 is 67.9 Å². The van der Waals surface area contributed by atoms with Crippen LogP contribution < -0.4 is 14.4 Å². The van der Waals surface area contributed by atoms with Gasteiger partial charge in [-0.2, -0.15) is 0 Å². The molecular formula is C25H18BrNO5S2. The van der Waals surface area contributed by atoms with E-state index >= 15 is 0 Å². The summed E-state index contributed by atoms with van der Waals surface area (Å²) >= 11 is 9.97. The second-order valence-electron chi connectivity index (χ2n) is 7.20. The Labute approximate surface area is 214 Å². The number of carboxylic acids is 1. The number of rotatable bonds is 7. The maximum Gasteiger partial charge on any atom is 0.335 e. The van der Waals surface area contributed by atoms with Gasteiger partial charge in [0, 0.05) is 4.47 Å². The molecule has 0 unspecified atom stereocenters. The highest BCUT2D eigenvalue weighted by Gasteiger charge is 2.33. The fourth-order valence-corrected chi connectivity index (χ4v) is 4.82. The number of anilines is 1. The van der Waals surface area contributed by atoms with Crippen LogP contribution in [-0.4, -0.2) is 28.4 Å². The van der Waals surface area contributed by atoms with Gasteiger partial charge in [-0.3, -0.25) is 9.69 Å². The molecule has 1 aliphatic heterocycles. The zero-order valence-corrected chi connectivity index (χ0v) is 21.1. The van der Waals surface area contributed by atoms with Gasteiger partial charge in [0.2, 0.25) is 0 Å². The summed E-state index contributed by atoms with van der Waals surface area (Å²) in [6, 6.07) is 19.4. The van der Waals surface area contributed by atoms with E-state index in [1.54, 1.807) is 37.5 Å². The number of methoxy groups -OCH3 is 1. The van der Waals surface area contributed by atoms with Crippen LogP contribution in [0.3, 0.4) is 0 Å². The van der Waals surface area contributed by atoms with E-state index in [2.05, 4.69) is 15.9 Å². The molecule has 1 fully saturated rings. The Morgan fingerprint density at radius 3 is 2.59 bits per heavy atom. The molecular weight excluding hydrogens is 538 g/mol. The molecule has 0 spiro atoms. The van der Waals surface area contributed by atoms with Crippen LogP contribution >= 0.6 is 39.9 Å². The SMILES string of the molecule is COc1cc(/C=C2/SC(=S)N(c3cccc(C(=O)O)c3)C2=O)ccc1OCc1ccc(Br)cc1. The van der Waals surface area contributed by atoms with Gasteiger partial charge in [0.05, 0.1) is 23.3 Å². The molecule has 1 aliphatic rings. The monoisotopic (exact) mass is 555 g/mol. The molecule has 1 heterocycles. The van der Waals surface area contributed by atoms with Gasteiger partial charge in [0.25, 0.3) is 5.91 Å². The fourth-order valence-electron chi connectivity index (χ4n) is 3.25. The van der Waals surface area contributed by atoms with Crippen LogP contribution in [0.5, 0.6) is 11.5 Å². The summed E-state index contributed by atoms with van der Waals surface area (Å²) in [5.74, 6) is -0.263. The summed E-state index contributed by atoms with van der Waals surface area (Å²) in [5.41, 5.74) is 2.26. The zero-order chi connectivity index (χ0) is 24.2. The first-order chi connectivity index (χ1) is 16.4. The van der Waals surface area contributed by atoms with Crippen molar-refractivity contribution in [3.05, 3.63) is 92.8 Å². The van der Waals surface area contributed by atoms with Crippen LogP contribution in [0.25, 0.3) is 6.08 Å². The van der Waals surface area contributed by atoms with Gasteiger partial charge in [0.1, 0.15) is 6.61 Å². The highest BCUT2D eigenvalue weighted by molar-refractivity contribution is 9.10. The summed E-state index contributed by atoms with van der Waals surface area (Å²) in [4.78, 5) is 26.1. The predicted molar refractivity (Wildman–Crippen MR) is 141 cm³/mol. The molecule has 3 aromatic rings. The molecule has 172 valence electrons. The van der Waals surface area contributed by atoms with E-state index in [1.165, 1.54) is 17.0 Å². The number of hydrogen-bond acceptors (Lipinski definition) is 6. The number of halogens is 1. The Morgan fingerprint density at radius 2 is 1.88 bits per heavy atom. The van der Waals surface area contributed by atoms with Crippen molar-refractivity contribution in [3.63, 3.8) is 0 Å². The number of aromatic carboxylic acids is 1. The van der Waals surface area contributed by atoms with Crippen LogP contribution in [0.15, 0.2) is 76.1 Å². The minimum Gasteiger partial charge on any atom is -0.493 e. The van der Waals surface area contributed by atoms with E-state index in [4.69, 9.17) is 21.7 Å². The lowest BCUT2D eigenvalue weighted by Gasteiger charge is -2.15. The third kappa shape index (κ3) is 5.32. The highest BCUT2D eigenvalue weighted by atomic mass is 79.9. The van der Waals surface area contributed by atoms with Crippen LogP contribution in [0.1, 0.15) is 21.5 Å². The Balaban J connectivity index is 1.53. The van der Waals surface area contributed by atoms with Crippen LogP contribution in [0.2, 0.25) is 0 Å². The fraction of sp³-hybridized carbons (Fsp3) is 0.0800. The minimum atomic E-state index is -1.07. The van der Waals surface area contributed by atoms with Crippen LogP contribution in [-0.2, 0) is 11.4 Å². The molecule has 1 saturated heterocycles. The van der Waals surface area contributed by atoms with Crippen molar-refractivity contribution in [1.82, 2.24) is 0 Å². The van der Waals surface area contributed by atoms with E-state index in [0.29, 0.717) is 33.0 Å². The lowest BCUT2D eigenvalue weighted by atomic mass is 10.1. The van der Waals surface area contributed by atoms with Gasteiger partial charge in [-0.05, 0) is 59.7 Å². The molecule has 9 heteroatoms. The summed E-state index contributed by atoms with van der Waals surface area (Å²) in [6.45, 7) is 0.386. The number of thioether (sulfide) groups is 1. The molecule has 34 heavy (non-hydrogen) atoms. The van der Waals surface area contributed by atoms with E-state index < -0.39 is 5.97 Å². The predicted octanol–water partition coefficient (Wildman–Crippen LogP) is 6.14. The summed E-state index contributed by atoms with van der Waals surface area (Å²) in [5, 5.41) is 9.24. The van der Waals surface area contributed by atoms with Gasteiger partial charge in [0.15, 0.2) is 15.8 Å². The first kappa shape index (κ1) is 24.0. The molecule has 0 saturated carbocycles. The van der Waals surface area contributed by atoms with Gasteiger partial charge < -0.3 is 14.6 Å². The maximum atomic E-state index is 13.0. The van der Waals surface area contributed by atoms with Gasteiger partial charge >= 0.3 is 5.97 Å². The first-order valence-electron chi connectivity index (χ1n) is 10.0. The molecule has 0 aromatic heterocycles. The highest BCUT2D eigenvalue weighted by Crippen LogP contribution is 2.37. The van der Waals surface area contributed by atoms with Crippen molar-refractivity contribution < 1.29 is 24.2 Å². The minimum absolute atomic E-state index is 0.0824. The Morgan fingerprint density at radius 1 is 1.12 bits per heavy atom. The number of hydrogen-bond donors (Lipinski definition) is 1. The van der Waals surface area contributed by atoms with E-state index in [-0.39, 0.29) is 11.5 Å². The Kier molecular flexibility index (Phi) is 7.35. The van der Waals surface area contributed by atoms with Crippen molar-refractivity contribution in [2.24, 2.45) is 0 Å². The molecule has 0 bridgehead atoms. The second-order valence-corrected chi connectivity index (χ2v) is 9.79. The number of amides is 1. The largest absolute Gasteiger partial charge is 0.493 e. The van der Waals surface area contributed by atoms with Crippen LogP contribution in [0.4, 0.5) is 5.69 Å². The number of carboxylic acid groups (broad SMARTS) is 1. The van der Waals surface area contributed by atoms with Gasteiger partial charge in [-0.25, -0.2) is 4.79 Å². The summed E-state index contributed by atoms with van der Waals surface area (Å²) in [7, 11) is 1.56. The van der Waals surface area contributed by atoms with Crippen LogP contribution in [0, 0.1) is 0 Å². The molecule has 4 rings (SSSR count). The number of carbonyl (C=O) groups excluding carboxylic acids is 1. The number of ether oxygens (including phenoxy) is 2. The lowest BCUT2D eigenvalue weighted by molar-refractivity contribution is -0.113. The number of nitrogens with zero attached hydrogens (tertiary/aromatic N) is 1. The Bertz CT molecular complexity index is 1310. The molecule has 6 nitrogen and oxygen atoms in total. The van der Waals surface area contributed by atoms with E-state index in [9.17, 15) is 14.7 Å². The molecule has 3 aromatic carbocycles. The van der Waals surface area contributed by atoms with Gasteiger partial charge in [-0.15, -0.1) is 0 Å². The molecule has 1 N–H and O–H groups in total. The molecule has 1 amide bonds. The van der Waals surface area contributed by atoms with Gasteiger partial charge in [-0.1, -0.05) is 64.2 Å². The smallest absolute Gasteiger partial charge is 0.335 e. The second kappa shape index (κ2) is 10.4. The van der Waals surface area contributed by atoms with Crippen molar-refractivity contribution in [1.29, 1.82) is 0 Å².